The lowest BCUT2D eigenvalue weighted by atomic mass is 9.96. The van der Waals surface area contributed by atoms with E-state index in [9.17, 15) is 0 Å². The number of nitrogens with zero attached hydrogens (tertiary/aromatic N) is 3. The van der Waals surface area contributed by atoms with Gasteiger partial charge < -0.3 is 4.74 Å². The minimum Gasteiger partial charge on any atom is -0.497 e. The van der Waals surface area contributed by atoms with Gasteiger partial charge in [0.25, 0.3) is 0 Å². The minimum atomic E-state index is 0.429. The van der Waals surface area contributed by atoms with E-state index < -0.39 is 0 Å². The van der Waals surface area contributed by atoms with E-state index in [-0.39, 0.29) is 0 Å². The molecule has 2 rings (SSSR count). The minimum absolute atomic E-state index is 0.429. The molecule has 0 aliphatic heterocycles. The summed E-state index contributed by atoms with van der Waals surface area (Å²) >= 11 is 0. The molecule has 1 heterocycles. The molecule has 0 bridgehead atoms. The molecular formula is C14H19N3O. The molecule has 1 unspecified atom stereocenters. The number of benzene rings is 1. The Morgan fingerprint density at radius 2 is 2.00 bits per heavy atom. The van der Waals surface area contributed by atoms with Crippen molar-refractivity contribution in [1.82, 2.24) is 15.0 Å². The Kier molecular flexibility index (Phi) is 3.97. The number of aromatic nitrogens is 3. The second-order valence-electron chi connectivity index (χ2n) is 4.44. The molecule has 1 aromatic carbocycles. The first-order valence-electron chi connectivity index (χ1n) is 6.26. The van der Waals surface area contributed by atoms with Gasteiger partial charge in [-0.2, -0.15) is 0 Å². The van der Waals surface area contributed by atoms with E-state index >= 15 is 0 Å². The maximum Gasteiger partial charge on any atom is 0.118 e. The van der Waals surface area contributed by atoms with Crippen LogP contribution in [0.3, 0.4) is 0 Å². The lowest BCUT2D eigenvalue weighted by Crippen LogP contribution is -1.99. The van der Waals surface area contributed by atoms with Crippen molar-refractivity contribution >= 4 is 0 Å². The zero-order chi connectivity index (χ0) is 13.0. The zero-order valence-electron chi connectivity index (χ0n) is 11.1. The molecule has 0 N–H and O–H groups in total. The zero-order valence-corrected chi connectivity index (χ0v) is 11.1. The van der Waals surface area contributed by atoms with Crippen LogP contribution < -0.4 is 4.74 Å². The summed E-state index contributed by atoms with van der Waals surface area (Å²) in [6, 6.07) is 8.20. The van der Waals surface area contributed by atoms with Crippen molar-refractivity contribution in [3.8, 4) is 5.75 Å². The van der Waals surface area contributed by atoms with Crippen LogP contribution in [0.25, 0.3) is 0 Å². The van der Waals surface area contributed by atoms with Gasteiger partial charge in [0.15, 0.2) is 0 Å². The van der Waals surface area contributed by atoms with Crippen molar-refractivity contribution in [3.63, 3.8) is 0 Å². The van der Waals surface area contributed by atoms with Crippen LogP contribution in [-0.2, 0) is 13.0 Å². The second kappa shape index (κ2) is 5.67. The molecule has 0 aliphatic rings. The fourth-order valence-corrected chi connectivity index (χ4v) is 1.95. The van der Waals surface area contributed by atoms with Gasteiger partial charge in [0.1, 0.15) is 5.75 Å². The van der Waals surface area contributed by atoms with E-state index in [2.05, 4.69) is 36.3 Å². The van der Waals surface area contributed by atoms with Crippen molar-refractivity contribution in [1.29, 1.82) is 0 Å². The van der Waals surface area contributed by atoms with Crippen LogP contribution >= 0.6 is 0 Å². The first-order valence-corrected chi connectivity index (χ1v) is 6.26. The molecule has 1 aromatic heterocycles. The summed E-state index contributed by atoms with van der Waals surface area (Å²) in [5, 5.41) is 8.23. The number of hydrogen-bond acceptors (Lipinski definition) is 3. The van der Waals surface area contributed by atoms with Gasteiger partial charge in [-0.1, -0.05) is 24.3 Å². The molecular weight excluding hydrogens is 226 g/mol. The maximum absolute atomic E-state index is 5.16. The summed E-state index contributed by atoms with van der Waals surface area (Å²) in [6.45, 7) is 5.13. The third kappa shape index (κ3) is 2.88. The molecule has 0 saturated carbocycles. The van der Waals surface area contributed by atoms with Crippen molar-refractivity contribution in [3.05, 3.63) is 41.7 Å². The number of ether oxygens (including phenoxy) is 1. The molecule has 0 saturated heterocycles. The largest absolute Gasteiger partial charge is 0.497 e. The van der Waals surface area contributed by atoms with E-state index in [0.29, 0.717) is 5.92 Å². The van der Waals surface area contributed by atoms with Crippen molar-refractivity contribution in [2.24, 2.45) is 0 Å². The highest BCUT2D eigenvalue weighted by Gasteiger charge is 2.09. The van der Waals surface area contributed by atoms with Gasteiger partial charge in [-0.05, 0) is 37.0 Å². The Balaban J connectivity index is 2.03. The highest BCUT2D eigenvalue weighted by molar-refractivity contribution is 5.29. The van der Waals surface area contributed by atoms with Crippen LogP contribution in [0.2, 0.25) is 0 Å². The topological polar surface area (TPSA) is 39.9 Å². The molecule has 96 valence electrons. The fraction of sp³-hybridized carbons (Fsp3) is 0.429. The number of methoxy groups -OCH3 is 1. The number of rotatable bonds is 5. The van der Waals surface area contributed by atoms with Crippen LogP contribution in [0.15, 0.2) is 30.5 Å². The molecule has 0 fully saturated rings. The average Bonchev–Trinajstić information content (AvgIpc) is 2.86. The van der Waals surface area contributed by atoms with Gasteiger partial charge in [0.05, 0.1) is 12.8 Å². The van der Waals surface area contributed by atoms with Crippen LogP contribution in [0.5, 0.6) is 5.75 Å². The predicted molar refractivity (Wildman–Crippen MR) is 70.8 cm³/mol. The second-order valence-corrected chi connectivity index (χ2v) is 4.44. The third-order valence-corrected chi connectivity index (χ3v) is 3.11. The third-order valence-electron chi connectivity index (χ3n) is 3.11. The summed E-state index contributed by atoms with van der Waals surface area (Å²) in [5.41, 5.74) is 2.34. The Morgan fingerprint density at radius 3 is 2.56 bits per heavy atom. The summed E-state index contributed by atoms with van der Waals surface area (Å²) < 4.78 is 7.02. The maximum atomic E-state index is 5.16. The van der Waals surface area contributed by atoms with E-state index in [1.807, 2.05) is 23.0 Å². The van der Waals surface area contributed by atoms with Gasteiger partial charge >= 0.3 is 0 Å². The van der Waals surface area contributed by atoms with Gasteiger partial charge in [0, 0.05) is 12.7 Å². The molecule has 2 aromatic rings. The molecule has 18 heavy (non-hydrogen) atoms. The summed E-state index contributed by atoms with van der Waals surface area (Å²) in [7, 11) is 1.68. The smallest absolute Gasteiger partial charge is 0.118 e. The van der Waals surface area contributed by atoms with Crippen molar-refractivity contribution < 1.29 is 4.74 Å². The van der Waals surface area contributed by atoms with Gasteiger partial charge in [-0.25, -0.2) is 0 Å². The van der Waals surface area contributed by atoms with E-state index in [1.54, 1.807) is 7.11 Å². The van der Waals surface area contributed by atoms with Crippen LogP contribution in [0.4, 0.5) is 0 Å². The lowest BCUT2D eigenvalue weighted by Gasteiger charge is -2.10. The predicted octanol–water partition coefficient (Wildman–Crippen LogP) is 2.65. The van der Waals surface area contributed by atoms with E-state index in [4.69, 9.17) is 4.74 Å². The highest BCUT2D eigenvalue weighted by atomic mass is 16.5. The lowest BCUT2D eigenvalue weighted by molar-refractivity contribution is 0.414. The Morgan fingerprint density at radius 1 is 1.28 bits per heavy atom. The molecule has 0 amide bonds. The first kappa shape index (κ1) is 12.6. The summed E-state index contributed by atoms with van der Waals surface area (Å²) in [4.78, 5) is 0. The molecule has 0 radical (unpaired) electrons. The number of hydrogen-bond donors (Lipinski definition) is 0. The molecule has 4 nitrogen and oxygen atoms in total. The molecule has 1 atom stereocenters. The molecule has 4 heteroatoms. The average molecular weight is 245 g/mol. The number of aryl methyl sites for hydroxylation is 1. The monoisotopic (exact) mass is 245 g/mol. The first-order chi connectivity index (χ1) is 8.72. The van der Waals surface area contributed by atoms with Crippen LogP contribution in [0.1, 0.15) is 31.0 Å². The Hall–Kier alpha value is -1.84. The fourth-order valence-electron chi connectivity index (χ4n) is 1.95. The summed E-state index contributed by atoms with van der Waals surface area (Å²) in [6.07, 6.45) is 2.92. The molecule has 0 spiro atoms. The quantitative estimate of drug-likeness (QED) is 0.813. The SMILES string of the molecule is CCn1cc(CC(C)c2ccc(OC)cc2)nn1. The van der Waals surface area contributed by atoms with Crippen molar-refractivity contribution in [2.45, 2.75) is 32.7 Å². The Labute approximate surface area is 108 Å². The van der Waals surface area contributed by atoms with Crippen LogP contribution in [-0.4, -0.2) is 22.1 Å². The standard InChI is InChI=1S/C14H19N3O/c1-4-17-10-13(15-16-17)9-11(2)12-5-7-14(18-3)8-6-12/h5-8,10-11H,4,9H2,1-3H3. The highest BCUT2D eigenvalue weighted by Crippen LogP contribution is 2.21. The van der Waals surface area contributed by atoms with Gasteiger partial charge in [-0.3, -0.25) is 4.68 Å². The van der Waals surface area contributed by atoms with Gasteiger partial charge in [0.2, 0.25) is 0 Å². The van der Waals surface area contributed by atoms with E-state index in [0.717, 1.165) is 24.4 Å². The molecule has 0 aliphatic carbocycles. The van der Waals surface area contributed by atoms with Crippen LogP contribution in [0, 0.1) is 0 Å². The normalized spacial score (nSPS) is 12.4. The van der Waals surface area contributed by atoms with Crippen molar-refractivity contribution in [2.75, 3.05) is 7.11 Å². The van der Waals surface area contributed by atoms with E-state index in [1.165, 1.54) is 5.56 Å². The van der Waals surface area contributed by atoms with Gasteiger partial charge in [-0.15, -0.1) is 5.10 Å². The Bertz CT molecular complexity index is 490. The summed E-state index contributed by atoms with van der Waals surface area (Å²) in [5.74, 6) is 1.32.